The number of amides is 1. The molecular weight excluding hydrogens is 284 g/mol. The highest BCUT2D eigenvalue weighted by Gasteiger charge is 2.47. The van der Waals surface area contributed by atoms with Crippen molar-refractivity contribution in [3.8, 4) is 0 Å². The first-order valence-electron chi connectivity index (χ1n) is 7.30. The van der Waals surface area contributed by atoms with Gasteiger partial charge in [-0.25, -0.2) is 4.98 Å². The smallest absolute Gasteiger partial charge is 0.270 e. The second kappa shape index (κ2) is 5.31. The summed E-state index contributed by atoms with van der Waals surface area (Å²) in [7, 11) is 0. The van der Waals surface area contributed by atoms with Crippen molar-refractivity contribution in [1.29, 1.82) is 0 Å². The molecule has 114 valence electrons. The van der Waals surface area contributed by atoms with Crippen LogP contribution >= 0.6 is 0 Å². The number of benzene rings is 1. The summed E-state index contributed by atoms with van der Waals surface area (Å²) >= 11 is 0. The van der Waals surface area contributed by atoms with Crippen molar-refractivity contribution in [2.45, 2.75) is 24.4 Å². The summed E-state index contributed by atoms with van der Waals surface area (Å²) in [6, 6.07) is 11.0. The molecule has 2 fully saturated rings. The number of aliphatic hydroxyl groups excluding tert-OH is 1. The van der Waals surface area contributed by atoms with E-state index in [1.54, 1.807) is 6.07 Å². The number of para-hydroxylation sites is 1. The Kier molecular flexibility index (Phi) is 3.29. The van der Waals surface area contributed by atoms with Crippen LogP contribution in [0.15, 0.2) is 36.4 Å². The number of fused-ring (bicyclic) bond motifs is 2. The van der Waals surface area contributed by atoms with Crippen LogP contribution in [0.4, 0.5) is 0 Å². The van der Waals surface area contributed by atoms with Gasteiger partial charge in [-0.05, 0) is 12.1 Å². The number of carbonyl (C=O) groups is 1. The molecule has 2 saturated heterocycles. The third-order valence-electron chi connectivity index (χ3n) is 4.17. The Balaban J connectivity index is 1.51. The standard InChI is InChI=1S/C16H16N2O4/c19-13-8-22-14-12(7-21-15(13)14)18-16(20)11-6-5-9-3-1-2-4-10(9)17-11/h1-6,12-15,19H,7-8H2,(H,18,20)/t12-,13-,14-,15-/m1/s1. The SMILES string of the molecule is O=C(N[C@@H]1CO[C@H]2[C@@H]1OC[C@H]2O)c1ccc2ccccc2n1. The van der Waals surface area contributed by atoms with Gasteiger partial charge < -0.3 is 19.9 Å². The molecule has 0 unspecified atom stereocenters. The fourth-order valence-electron chi connectivity index (χ4n) is 3.04. The third kappa shape index (κ3) is 2.25. The molecule has 0 saturated carbocycles. The molecule has 6 heteroatoms. The molecule has 0 bridgehead atoms. The van der Waals surface area contributed by atoms with Crippen molar-refractivity contribution >= 4 is 16.8 Å². The number of ether oxygens (including phenoxy) is 2. The minimum absolute atomic E-state index is 0.246. The molecular formula is C16H16N2O4. The minimum atomic E-state index is -0.620. The Hall–Kier alpha value is -2.02. The summed E-state index contributed by atoms with van der Waals surface area (Å²) in [6.45, 7) is 0.585. The van der Waals surface area contributed by atoms with Crippen LogP contribution in [-0.2, 0) is 9.47 Å². The van der Waals surface area contributed by atoms with Crippen LogP contribution in [0.1, 0.15) is 10.5 Å². The monoisotopic (exact) mass is 300 g/mol. The number of pyridine rings is 1. The summed E-state index contributed by atoms with van der Waals surface area (Å²) < 4.78 is 11.0. The summed E-state index contributed by atoms with van der Waals surface area (Å²) in [6.07, 6.45) is -1.26. The molecule has 2 aliphatic heterocycles. The zero-order chi connectivity index (χ0) is 15.1. The van der Waals surface area contributed by atoms with Crippen LogP contribution < -0.4 is 5.32 Å². The molecule has 1 aromatic carbocycles. The van der Waals surface area contributed by atoms with E-state index in [1.165, 1.54) is 0 Å². The number of carbonyl (C=O) groups excluding carboxylic acids is 1. The maximum atomic E-state index is 12.4. The van der Waals surface area contributed by atoms with Gasteiger partial charge in [0.05, 0.1) is 24.8 Å². The Bertz CT molecular complexity index is 720. The first-order valence-corrected chi connectivity index (χ1v) is 7.30. The average molecular weight is 300 g/mol. The molecule has 1 amide bonds. The number of nitrogens with zero attached hydrogens (tertiary/aromatic N) is 1. The molecule has 4 atom stereocenters. The lowest BCUT2D eigenvalue weighted by atomic mass is 10.1. The molecule has 3 heterocycles. The average Bonchev–Trinajstić information content (AvgIpc) is 3.11. The number of rotatable bonds is 2. The van der Waals surface area contributed by atoms with Crippen LogP contribution in [0.25, 0.3) is 10.9 Å². The second-order valence-corrected chi connectivity index (χ2v) is 5.63. The Morgan fingerprint density at radius 2 is 1.95 bits per heavy atom. The highest BCUT2D eigenvalue weighted by atomic mass is 16.6. The van der Waals surface area contributed by atoms with Gasteiger partial charge in [0.25, 0.3) is 5.91 Å². The predicted octanol–water partition coefficient (Wildman–Crippen LogP) is 0.492. The van der Waals surface area contributed by atoms with E-state index >= 15 is 0 Å². The van der Waals surface area contributed by atoms with Gasteiger partial charge in [0.15, 0.2) is 0 Å². The van der Waals surface area contributed by atoms with Gasteiger partial charge in [-0.1, -0.05) is 24.3 Å². The van der Waals surface area contributed by atoms with Crippen molar-refractivity contribution in [2.75, 3.05) is 13.2 Å². The first kappa shape index (κ1) is 13.6. The summed E-state index contributed by atoms with van der Waals surface area (Å²) in [4.78, 5) is 16.7. The van der Waals surface area contributed by atoms with Crippen LogP contribution in [0.3, 0.4) is 0 Å². The number of nitrogens with one attached hydrogen (secondary N) is 1. The molecule has 0 aliphatic carbocycles. The fourth-order valence-corrected chi connectivity index (χ4v) is 3.04. The van der Waals surface area contributed by atoms with Crippen LogP contribution in [0.2, 0.25) is 0 Å². The van der Waals surface area contributed by atoms with Gasteiger partial charge in [0.1, 0.15) is 24.0 Å². The summed E-state index contributed by atoms with van der Waals surface area (Å²) in [5, 5.41) is 13.6. The van der Waals surface area contributed by atoms with E-state index in [2.05, 4.69) is 10.3 Å². The zero-order valence-corrected chi connectivity index (χ0v) is 11.8. The number of aliphatic hydroxyl groups is 1. The molecule has 1 aromatic heterocycles. The van der Waals surface area contributed by atoms with Crippen molar-refractivity contribution in [3.05, 3.63) is 42.1 Å². The fraction of sp³-hybridized carbons (Fsp3) is 0.375. The zero-order valence-electron chi connectivity index (χ0n) is 11.8. The first-order chi connectivity index (χ1) is 10.7. The van der Waals surface area contributed by atoms with E-state index < -0.39 is 6.10 Å². The van der Waals surface area contributed by atoms with Gasteiger partial charge >= 0.3 is 0 Å². The number of aromatic nitrogens is 1. The van der Waals surface area contributed by atoms with E-state index in [-0.39, 0.29) is 30.8 Å². The van der Waals surface area contributed by atoms with Gasteiger partial charge in [-0.2, -0.15) is 0 Å². The predicted molar refractivity (Wildman–Crippen MR) is 78.5 cm³/mol. The maximum Gasteiger partial charge on any atom is 0.270 e. The quantitative estimate of drug-likeness (QED) is 0.844. The summed E-state index contributed by atoms with van der Waals surface area (Å²) in [5.74, 6) is -0.259. The molecule has 2 aromatic rings. The maximum absolute atomic E-state index is 12.4. The molecule has 0 radical (unpaired) electrons. The van der Waals surface area contributed by atoms with E-state index in [0.717, 1.165) is 10.9 Å². The van der Waals surface area contributed by atoms with Crippen LogP contribution in [0.5, 0.6) is 0 Å². The van der Waals surface area contributed by atoms with Crippen molar-refractivity contribution in [1.82, 2.24) is 10.3 Å². The number of hydrogen-bond donors (Lipinski definition) is 2. The van der Waals surface area contributed by atoms with Crippen LogP contribution in [-0.4, -0.2) is 53.6 Å². The van der Waals surface area contributed by atoms with Gasteiger partial charge in [-0.15, -0.1) is 0 Å². The third-order valence-corrected chi connectivity index (χ3v) is 4.17. The molecule has 2 N–H and O–H groups in total. The van der Waals surface area contributed by atoms with Crippen LogP contribution in [0, 0.1) is 0 Å². The molecule has 4 rings (SSSR count). The molecule has 6 nitrogen and oxygen atoms in total. The molecule has 0 spiro atoms. The molecule has 2 aliphatic rings. The van der Waals surface area contributed by atoms with E-state index in [1.807, 2.05) is 30.3 Å². The van der Waals surface area contributed by atoms with Gasteiger partial charge in [-0.3, -0.25) is 4.79 Å². The lowest BCUT2D eigenvalue weighted by Gasteiger charge is -2.17. The second-order valence-electron chi connectivity index (χ2n) is 5.63. The Morgan fingerprint density at radius 1 is 1.14 bits per heavy atom. The largest absolute Gasteiger partial charge is 0.388 e. The van der Waals surface area contributed by atoms with Crippen molar-refractivity contribution in [3.63, 3.8) is 0 Å². The normalized spacial score (nSPS) is 30.4. The van der Waals surface area contributed by atoms with E-state index in [0.29, 0.717) is 12.3 Å². The Labute approximate surface area is 127 Å². The minimum Gasteiger partial charge on any atom is -0.388 e. The molecule has 22 heavy (non-hydrogen) atoms. The highest BCUT2D eigenvalue weighted by molar-refractivity contribution is 5.95. The van der Waals surface area contributed by atoms with E-state index in [4.69, 9.17) is 9.47 Å². The lowest BCUT2D eigenvalue weighted by molar-refractivity contribution is 0.0178. The van der Waals surface area contributed by atoms with E-state index in [9.17, 15) is 9.90 Å². The summed E-state index contributed by atoms with van der Waals surface area (Å²) in [5.41, 5.74) is 1.14. The highest BCUT2D eigenvalue weighted by Crippen LogP contribution is 2.27. The van der Waals surface area contributed by atoms with Gasteiger partial charge in [0, 0.05) is 5.39 Å². The van der Waals surface area contributed by atoms with Crippen molar-refractivity contribution in [2.24, 2.45) is 0 Å². The lowest BCUT2D eigenvalue weighted by Crippen LogP contribution is -2.44. The Morgan fingerprint density at radius 3 is 2.86 bits per heavy atom. The van der Waals surface area contributed by atoms with Crippen molar-refractivity contribution < 1.29 is 19.4 Å². The number of hydrogen-bond acceptors (Lipinski definition) is 5. The topological polar surface area (TPSA) is 80.7 Å². The van der Waals surface area contributed by atoms with Gasteiger partial charge in [0.2, 0.25) is 0 Å².